The molecule has 0 saturated carbocycles. The maximum absolute atomic E-state index is 5.82. The van der Waals surface area contributed by atoms with Gasteiger partial charge in [-0.05, 0) is 19.3 Å². The predicted molar refractivity (Wildman–Crippen MR) is 89.7 cm³/mol. The number of aliphatic imine (C=N–C) groups is 1. The molecule has 0 aromatic carbocycles. The van der Waals surface area contributed by atoms with E-state index in [4.69, 9.17) is 10.5 Å². The average molecular weight is 371 g/mol. The van der Waals surface area contributed by atoms with Crippen LogP contribution >= 0.6 is 24.0 Å². The van der Waals surface area contributed by atoms with E-state index in [0.717, 1.165) is 6.54 Å². The zero-order chi connectivity index (χ0) is 13.1. The molecule has 2 atom stereocenters. The molecule has 0 fully saturated rings. The summed E-state index contributed by atoms with van der Waals surface area (Å²) in [5, 5.41) is 3.12. The summed E-state index contributed by atoms with van der Waals surface area (Å²) in [6.07, 6.45) is 4.95. The molecule has 0 spiro atoms. The van der Waals surface area contributed by atoms with E-state index >= 15 is 0 Å². The van der Waals surface area contributed by atoms with Crippen LogP contribution in [-0.2, 0) is 4.74 Å². The molecule has 18 heavy (non-hydrogen) atoms. The third kappa shape index (κ3) is 11.1. The molecule has 0 aliphatic carbocycles. The lowest BCUT2D eigenvalue weighted by atomic mass is 10.00. The van der Waals surface area contributed by atoms with Crippen molar-refractivity contribution in [2.75, 3.05) is 20.3 Å². The summed E-state index contributed by atoms with van der Waals surface area (Å²) in [4.78, 5) is 4.40. The minimum absolute atomic E-state index is 0. The molecule has 5 heteroatoms. The van der Waals surface area contributed by atoms with Gasteiger partial charge in [-0.2, -0.15) is 0 Å². The van der Waals surface area contributed by atoms with Crippen LogP contribution in [-0.4, -0.2) is 32.3 Å². The first-order valence-corrected chi connectivity index (χ1v) is 6.69. The summed E-state index contributed by atoms with van der Waals surface area (Å²) in [6, 6.07) is 0.208. The molecule has 2 unspecified atom stereocenters. The highest BCUT2D eigenvalue weighted by atomic mass is 127. The molecule has 0 heterocycles. The summed E-state index contributed by atoms with van der Waals surface area (Å²) in [5.41, 5.74) is 5.82. The zero-order valence-corrected chi connectivity index (χ0v) is 14.6. The first-order valence-electron chi connectivity index (χ1n) is 6.69. The first-order chi connectivity index (χ1) is 8.13. The molecule has 0 radical (unpaired) electrons. The number of unbranched alkanes of at least 4 members (excludes halogenated alkanes) is 1. The van der Waals surface area contributed by atoms with Crippen molar-refractivity contribution in [1.82, 2.24) is 5.32 Å². The van der Waals surface area contributed by atoms with Gasteiger partial charge in [0.2, 0.25) is 0 Å². The molecule has 0 saturated heterocycles. The van der Waals surface area contributed by atoms with E-state index in [0.29, 0.717) is 18.5 Å². The number of nitrogens with one attached hydrogen (secondary N) is 1. The quantitative estimate of drug-likeness (QED) is 0.372. The summed E-state index contributed by atoms with van der Waals surface area (Å²) in [5.74, 6) is 1.19. The van der Waals surface area contributed by atoms with Gasteiger partial charge < -0.3 is 15.8 Å². The number of rotatable bonds is 9. The Hall–Kier alpha value is -0.0400. The Labute approximate surface area is 129 Å². The van der Waals surface area contributed by atoms with Gasteiger partial charge in [0.1, 0.15) is 0 Å². The normalized spacial score (nSPS) is 14.8. The molecule has 0 bridgehead atoms. The van der Waals surface area contributed by atoms with Crippen LogP contribution in [0, 0.1) is 5.92 Å². The van der Waals surface area contributed by atoms with Crippen LogP contribution in [0.5, 0.6) is 0 Å². The lowest BCUT2D eigenvalue weighted by molar-refractivity contribution is 0.179. The van der Waals surface area contributed by atoms with Gasteiger partial charge in [0, 0.05) is 19.7 Å². The highest BCUT2D eigenvalue weighted by Crippen LogP contribution is 2.12. The van der Waals surface area contributed by atoms with Crippen LogP contribution in [0.4, 0.5) is 0 Å². The smallest absolute Gasteiger partial charge is 0.188 e. The second kappa shape index (κ2) is 13.4. The molecule has 3 N–H and O–H groups in total. The largest absolute Gasteiger partial charge is 0.383 e. The lowest BCUT2D eigenvalue weighted by Gasteiger charge is -2.15. The Balaban J connectivity index is 0. The highest BCUT2D eigenvalue weighted by Gasteiger charge is 2.06. The fourth-order valence-corrected chi connectivity index (χ4v) is 1.73. The van der Waals surface area contributed by atoms with Crippen molar-refractivity contribution >= 4 is 29.9 Å². The molecule has 0 aromatic heterocycles. The van der Waals surface area contributed by atoms with Crippen molar-refractivity contribution in [2.24, 2.45) is 16.6 Å². The number of nitrogens with two attached hydrogens (primary N) is 1. The zero-order valence-electron chi connectivity index (χ0n) is 12.2. The third-order valence-electron chi connectivity index (χ3n) is 2.87. The molecule has 4 nitrogen and oxygen atoms in total. The van der Waals surface area contributed by atoms with Crippen LogP contribution in [0.3, 0.4) is 0 Å². The summed E-state index contributed by atoms with van der Waals surface area (Å²) in [7, 11) is 1.68. The number of nitrogens with zero attached hydrogens (tertiary/aromatic N) is 1. The number of ether oxygens (including phenoxy) is 1. The molecule has 0 rings (SSSR count). The maximum atomic E-state index is 5.82. The molecule has 110 valence electrons. The Morgan fingerprint density at radius 2 is 2.06 bits per heavy atom. The van der Waals surface area contributed by atoms with E-state index in [1.165, 1.54) is 25.7 Å². The Kier molecular flexibility index (Phi) is 15.1. The van der Waals surface area contributed by atoms with Gasteiger partial charge in [-0.3, -0.25) is 4.99 Å². The van der Waals surface area contributed by atoms with Crippen molar-refractivity contribution in [3.05, 3.63) is 0 Å². The van der Waals surface area contributed by atoms with Crippen molar-refractivity contribution in [1.29, 1.82) is 0 Å². The Bertz CT molecular complexity index is 212. The SMILES string of the molecule is CCCCC(CC)CN=C(N)NC(C)COC.I. The molecule has 0 aliphatic heterocycles. The van der Waals surface area contributed by atoms with Crippen LogP contribution in [0.25, 0.3) is 0 Å². The van der Waals surface area contributed by atoms with Gasteiger partial charge in [-0.1, -0.05) is 33.1 Å². The summed E-state index contributed by atoms with van der Waals surface area (Å²) < 4.78 is 5.03. The Morgan fingerprint density at radius 3 is 2.56 bits per heavy atom. The van der Waals surface area contributed by atoms with Crippen LogP contribution < -0.4 is 11.1 Å². The van der Waals surface area contributed by atoms with Crippen molar-refractivity contribution in [2.45, 2.75) is 52.5 Å². The lowest BCUT2D eigenvalue weighted by Crippen LogP contribution is -2.41. The molecule has 0 aromatic rings. The van der Waals surface area contributed by atoms with Gasteiger partial charge in [-0.15, -0.1) is 24.0 Å². The first kappa shape index (κ1) is 20.3. The molecule has 0 amide bonds. The second-order valence-corrected chi connectivity index (χ2v) is 4.64. The number of hydrogen-bond donors (Lipinski definition) is 2. The minimum atomic E-state index is 0. The summed E-state index contributed by atoms with van der Waals surface area (Å²) >= 11 is 0. The van der Waals surface area contributed by atoms with E-state index in [1.807, 2.05) is 6.92 Å². The predicted octanol–water partition coefficient (Wildman–Crippen LogP) is 2.76. The van der Waals surface area contributed by atoms with E-state index in [9.17, 15) is 0 Å². The topological polar surface area (TPSA) is 59.6 Å². The molecular weight excluding hydrogens is 341 g/mol. The van der Waals surface area contributed by atoms with E-state index in [2.05, 4.69) is 24.2 Å². The number of halogens is 1. The second-order valence-electron chi connectivity index (χ2n) is 4.64. The monoisotopic (exact) mass is 371 g/mol. The van der Waals surface area contributed by atoms with Crippen molar-refractivity contribution in [3.63, 3.8) is 0 Å². The number of hydrogen-bond acceptors (Lipinski definition) is 2. The van der Waals surface area contributed by atoms with Crippen LogP contribution in [0.15, 0.2) is 4.99 Å². The Morgan fingerprint density at radius 1 is 1.39 bits per heavy atom. The standard InChI is InChI=1S/C13H29N3O.HI/c1-5-7-8-12(6-2)9-15-13(14)16-11(3)10-17-4;/h11-12H,5-10H2,1-4H3,(H3,14,15,16);1H. The number of methoxy groups -OCH3 is 1. The van der Waals surface area contributed by atoms with Gasteiger partial charge in [0.15, 0.2) is 5.96 Å². The van der Waals surface area contributed by atoms with Crippen LogP contribution in [0.2, 0.25) is 0 Å². The van der Waals surface area contributed by atoms with Gasteiger partial charge >= 0.3 is 0 Å². The fourth-order valence-electron chi connectivity index (χ4n) is 1.73. The maximum Gasteiger partial charge on any atom is 0.188 e. The van der Waals surface area contributed by atoms with Gasteiger partial charge in [0.25, 0.3) is 0 Å². The number of guanidine groups is 1. The third-order valence-corrected chi connectivity index (χ3v) is 2.87. The average Bonchev–Trinajstić information content (AvgIpc) is 2.29. The van der Waals surface area contributed by atoms with Crippen LogP contribution in [0.1, 0.15) is 46.5 Å². The highest BCUT2D eigenvalue weighted by molar-refractivity contribution is 14.0. The molecule has 0 aliphatic rings. The van der Waals surface area contributed by atoms with Crippen molar-refractivity contribution < 1.29 is 4.74 Å². The fraction of sp³-hybridized carbons (Fsp3) is 0.923. The minimum Gasteiger partial charge on any atom is -0.383 e. The summed E-state index contributed by atoms with van der Waals surface area (Å²) in [6.45, 7) is 7.93. The van der Waals surface area contributed by atoms with Crippen molar-refractivity contribution in [3.8, 4) is 0 Å². The van der Waals surface area contributed by atoms with Gasteiger partial charge in [0.05, 0.1) is 6.61 Å². The van der Waals surface area contributed by atoms with E-state index in [-0.39, 0.29) is 30.0 Å². The van der Waals surface area contributed by atoms with E-state index in [1.54, 1.807) is 7.11 Å². The molecular formula is C13H30IN3O. The van der Waals surface area contributed by atoms with Gasteiger partial charge in [-0.25, -0.2) is 0 Å². The van der Waals surface area contributed by atoms with E-state index < -0.39 is 0 Å².